The Hall–Kier alpha value is -0.920. The molecule has 6 nitrogen and oxygen atoms in total. The minimum Gasteiger partial charge on any atom is -0.334 e. The largest absolute Gasteiger partial charge is 0.334 e. The highest BCUT2D eigenvalue weighted by molar-refractivity contribution is 7.89. The van der Waals surface area contributed by atoms with E-state index in [-0.39, 0.29) is 10.9 Å². The van der Waals surface area contributed by atoms with Gasteiger partial charge in [-0.05, 0) is 32.9 Å². The normalized spacial score (nSPS) is 13.7. The molecule has 0 bridgehead atoms. The Morgan fingerprint density at radius 1 is 1.42 bits per heavy atom. The fourth-order valence-electron chi connectivity index (χ4n) is 1.82. The molecule has 1 aromatic heterocycles. The summed E-state index contributed by atoms with van der Waals surface area (Å²) in [6, 6.07) is 0. The molecule has 1 heterocycles. The van der Waals surface area contributed by atoms with E-state index in [9.17, 15) is 8.42 Å². The topological polar surface area (TPSA) is 76.0 Å². The van der Waals surface area contributed by atoms with Crippen LogP contribution in [0.25, 0.3) is 0 Å². The number of imidazole rings is 1. The summed E-state index contributed by atoms with van der Waals surface area (Å²) in [6.45, 7) is 7.81. The molecule has 0 aromatic carbocycles. The van der Waals surface area contributed by atoms with Crippen LogP contribution < -0.4 is 10.0 Å². The monoisotopic (exact) mass is 288 g/mol. The van der Waals surface area contributed by atoms with Gasteiger partial charge in [-0.15, -0.1) is 0 Å². The summed E-state index contributed by atoms with van der Waals surface area (Å²) >= 11 is 0. The zero-order valence-electron chi connectivity index (χ0n) is 12.1. The Bertz CT molecular complexity index is 496. The number of hydrogen-bond acceptors (Lipinski definition) is 4. The Labute approximate surface area is 115 Å². The van der Waals surface area contributed by atoms with Crippen LogP contribution in [0.15, 0.2) is 11.2 Å². The molecule has 19 heavy (non-hydrogen) atoms. The van der Waals surface area contributed by atoms with Crippen LogP contribution in [0, 0.1) is 12.8 Å². The molecular formula is C12H24N4O2S. The average Bonchev–Trinajstić information content (AvgIpc) is 2.71. The highest BCUT2D eigenvalue weighted by atomic mass is 32.2. The number of sulfonamides is 1. The maximum atomic E-state index is 12.1. The molecule has 1 aromatic rings. The van der Waals surface area contributed by atoms with E-state index in [1.165, 1.54) is 0 Å². The van der Waals surface area contributed by atoms with Crippen molar-refractivity contribution in [1.29, 1.82) is 0 Å². The molecule has 0 saturated carbocycles. The van der Waals surface area contributed by atoms with Crippen molar-refractivity contribution in [2.24, 2.45) is 5.92 Å². The lowest BCUT2D eigenvalue weighted by Crippen LogP contribution is -2.32. The van der Waals surface area contributed by atoms with Crippen molar-refractivity contribution in [2.75, 3.05) is 20.1 Å². The van der Waals surface area contributed by atoms with E-state index >= 15 is 0 Å². The summed E-state index contributed by atoms with van der Waals surface area (Å²) in [5.41, 5.74) is 0. The van der Waals surface area contributed by atoms with Gasteiger partial charge in [0.25, 0.3) is 10.0 Å². The molecule has 110 valence electrons. The molecule has 1 rings (SSSR count). The lowest BCUT2D eigenvalue weighted by atomic mass is 10.2. The SMILES string of the molecule is CCCn1cc(S(=O)(=O)NCC(C)CNC)nc1C. The van der Waals surface area contributed by atoms with Crippen molar-refractivity contribution in [3.63, 3.8) is 0 Å². The Kier molecular flexibility index (Phi) is 5.96. The quantitative estimate of drug-likeness (QED) is 0.739. The second-order valence-corrected chi connectivity index (χ2v) is 6.55. The Morgan fingerprint density at radius 2 is 2.11 bits per heavy atom. The van der Waals surface area contributed by atoms with Crippen LogP contribution in [0.1, 0.15) is 26.1 Å². The van der Waals surface area contributed by atoms with E-state index in [0.29, 0.717) is 6.54 Å². The molecule has 1 unspecified atom stereocenters. The molecule has 0 fully saturated rings. The number of aromatic nitrogens is 2. The van der Waals surface area contributed by atoms with Crippen molar-refractivity contribution in [3.05, 3.63) is 12.0 Å². The standard InChI is InChI=1S/C12H24N4O2S/c1-5-6-16-9-12(15-11(16)3)19(17,18)14-8-10(2)7-13-4/h9-10,13-14H,5-8H2,1-4H3. The Morgan fingerprint density at radius 3 is 2.68 bits per heavy atom. The number of aryl methyl sites for hydroxylation is 2. The summed E-state index contributed by atoms with van der Waals surface area (Å²) < 4.78 is 28.7. The molecule has 0 radical (unpaired) electrons. The van der Waals surface area contributed by atoms with Crippen LogP contribution >= 0.6 is 0 Å². The third-order valence-electron chi connectivity index (χ3n) is 2.87. The number of nitrogens with zero attached hydrogens (tertiary/aromatic N) is 2. The fraction of sp³-hybridized carbons (Fsp3) is 0.750. The van der Waals surface area contributed by atoms with Gasteiger partial charge in [-0.25, -0.2) is 18.1 Å². The van der Waals surface area contributed by atoms with Crippen LogP contribution in [0.2, 0.25) is 0 Å². The van der Waals surface area contributed by atoms with Crippen LogP contribution in [-0.2, 0) is 16.6 Å². The van der Waals surface area contributed by atoms with E-state index in [0.717, 1.165) is 25.3 Å². The fourth-order valence-corrected chi connectivity index (χ4v) is 2.99. The van der Waals surface area contributed by atoms with Crippen LogP contribution in [0.4, 0.5) is 0 Å². The smallest absolute Gasteiger partial charge is 0.259 e. The number of hydrogen-bond donors (Lipinski definition) is 2. The first-order valence-corrected chi connectivity index (χ1v) is 8.07. The van der Waals surface area contributed by atoms with Crippen LogP contribution in [-0.4, -0.2) is 38.1 Å². The van der Waals surface area contributed by atoms with E-state index in [1.54, 1.807) is 6.20 Å². The number of nitrogens with one attached hydrogen (secondary N) is 2. The summed E-state index contributed by atoms with van der Waals surface area (Å²) in [5.74, 6) is 0.962. The Balaban J connectivity index is 2.74. The van der Waals surface area contributed by atoms with E-state index in [2.05, 4.69) is 15.0 Å². The lowest BCUT2D eigenvalue weighted by molar-refractivity contribution is 0.517. The molecule has 0 spiro atoms. The highest BCUT2D eigenvalue weighted by Crippen LogP contribution is 2.10. The molecular weight excluding hydrogens is 264 g/mol. The van der Waals surface area contributed by atoms with Crippen molar-refractivity contribution >= 4 is 10.0 Å². The van der Waals surface area contributed by atoms with Gasteiger partial charge in [0, 0.05) is 19.3 Å². The third-order valence-corrected chi connectivity index (χ3v) is 4.16. The number of rotatable bonds is 8. The molecule has 0 aliphatic heterocycles. The summed E-state index contributed by atoms with van der Waals surface area (Å²) in [4.78, 5) is 4.12. The molecule has 7 heteroatoms. The van der Waals surface area contributed by atoms with Gasteiger partial charge in [0.15, 0.2) is 5.03 Å². The predicted octanol–water partition coefficient (Wildman–Crippen LogP) is 0.735. The summed E-state index contributed by atoms with van der Waals surface area (Å²) in [7, 11) is -1.66. The zero-order chi connectivity index (χ0) is 14.5. The van der Waals surface area contributed by atoms with Crippen molar-refractivity contribution < 1.29 is 8.42 Å². The first kappa shape index (κ1) is 16.1. The molecule has 0 aliphatic rings. The van der Waals surface area contributed by atoms with Gasteiger partial charge in [-0.1, -0.05) is 13.8 Å². The van der Waals surface area contributed by atoms with E-state index in [1.807, 2.05) is 32.4 Å². The van der Waals surface area contributed by atoms with Crippen molar-refractivity contribution in [3.8, 4) is 0 Å². The maximum absolute atomic E-state index is 12.1. The second-order valence-electron chi connectivity index (χ2n) is 4.83. The zero-order valence-corrected chi connectivity index (χ0v) is 12.9. The summed E-state index contributed by atoms with van der Waals surface area (Å²) in [5, 5.41) is 3.13. The van der Waals surface area contributed by atoms with Gasteiger partial charge in [0.05, 0.1) is 0 Å². The predicted molar refractivity (Wildman–Crippen MR) is 75.5 cm³/mol. The lowest BCUT2D eigenvalue weighted by Gasteiger charge is -2.11. The average molecular weight is 288 g/mol. The van der Waals surface area contributed by atoms with E-state index < -0.39 is 10.0 Å². The van der Waals surface area contributed by atoms with Gasteiger partial charge < -0.3 is 9.88 Å². The third kappa shape index (κ3) is 4.59. The van der Waals surface area contributed by atoms with Crippen molar-refractivity contribution in [2.45, 2.75) is 38.8 Å². The van der Waals surface area contributed by atoms with Gasteiger partial charge in [-0.3, -0.25) is 0 Å². The first-order valence-electron chi connectivity index (χ1n) is 6.58. The van der Waals surface area contributed by atoms with Gasteiger partial charge in [-0.2, -0.15) is 0 Å². The van der Waals surface area contributed by atoms with Gasteiger partial charge in [0.1, 0.15) is 5.82 Å². The van der Waals surface area contributed by atoms with E-state index in [4.69, 9.17) is 0 Å². The van der Waals surface area contributed by atoms with Crippen LogP contribution in [0.3, 0.4) is 0 Å². The second kappa shape index (κ2) is 7.02. The minimum absolute atomic E-state index is 0.107. The maximum Gasteiger partial charge on any atom is 0.259 e. The molecule has 2 N–H and O–H groups in total. The molecule has 0 aliphatic carbocycles. The highest BCUT2D eigenvalue weighted by Gasteiger charge is 2.19. The molecule has 0 amide bonds. The summed E-state index contributed by atoms with van der Waals surface area (Å²) in [6.07, 6.45) is 2.55. The van der Waals surface area contributed by atoms with Gasteiger partial charge in [0.2, 0.25) is 0 Å². The van der Waals surface area contributed by atoms with Gasteiger partial charge >= 0.3 is 0 Å². The van der Waals surface area contributed by atoms with Crippen LogP contribution in [0.5, 0.6) is 0 Å². The molecule has 0 saturated heterocycles. The minimum atomic E-state index is -3.50. The molecule has 1 atom stereocenters. The van der Waals surface area contributed by atoms with Crippen molar-refractivity contribution in [1.82, 2.24) is 19.6 Å². The first-order chi connectivity index (χ1) is 8.90.